The van der Waals surface area contributed by atoms with E-state index in [2.05, 4.69) is 32.6 Å². The van der Waals surface area contributed by atoms with Gasteiger partial charge in [-0.25, -0.2) is 4.68 Å². The predicted molar refractivity (Wildman–Crippen MR) is 104 cm³/mol. The lowest BCUT2D eigenvalue weighted by Gasteiger charge is -2.18. The normalized spacial score (nSPS) is 12.8. The van der Waals surface area contributed by atoms with Crippen LogP contribution in [0, 0.1) is 0 Å². The highest BCUT2D eigenvalue weighted by molar-refractivity contribution is 6.07. The molecule has 1 aliphatic rings. The molecule has 0 saturated heterocycles. The molecule has 7 nitrogen and oxygen atoms in total. The molecule has 7 heteroatoms. The Morgan fingerprint density at radius 3 is 2.68 bits per heavy atom. The summed E-state index contributed by atoms with van der Waals surface area (Å²) in [6.45, 7) is 0.670. The summed E-state index contributed by atoms with van der Waals surface area (Å²) in [6, 6.07) is 17.6. The molecule has 0 saturated carbocycles. The van der Waals surface area contributed by atoms with Crippen molar-refractivity contribution in [3.63, 3.8) is 0 Å². The van der Waals surface area contributed by atoms with Crippen LogP contribution in [0.2, 0.25) is 0 Å². The first-order chi connectivity index (χ1) is 13.8. The van der Waals surface area contributed by atoms with Crippen LogP contribution in [-0.2, 0) is 6.42 Å². The van der Waals surface area contributed by atoms with Crippen LogP contribution in [0.4, 0.5) is 5.69 Å². The molecule has 0 aliphatic carbocycles. The van der Waals surface area contributed by atoms with E-state index in [0.29, 0.717) is 12.1 Å². The number of carbonyl (C=O) groups excluding carboxylic acids is 1. The summed E-state index contributed by atoms with van der Waals surface area (Å²) in [6.07, 6.45) is 5.92. The van der Waals surface area contributed by atoms with Crippen molar-refractivity contribution in [1.82, 2.24) is 25.2 Å². The summed E-state index contributed by atoms with van der Waals surface area (Å²) >= 11 is 0. The monoisotopic (exact) mass is 368 g/mol. The zero-order valence-corrected chi connectivity index (χ0v) is 14.9. The molecule has 0 N–H and O–H groups in total. The molecule has 0 fully saturated rings. The Kier molecular flexibility index (Phi) is 3.90. The summed E-state index contributed by atoms with van der Waals surface area (Å²) in [5, 5.41) is 11.2. The minimum atomic E-state index is -0.0228. The van der Waals surface area contributed by atoms with E-state index in [9.17, 15) is 4.79 Å². The van der Waals surface area contributed by atoms with Crippen LogP contribution in [0.25, 0.3) is 16.8 Å². The number of aromatic nitrogens is 5. The molecule has 136 valence electrons. The first-order valence-electron chi connectivity index (χ1n) is 8.98. The second-order valence-corrected chi connectivity index (χ2v) is 6.59. The highest BCUT2D eigenvalue weighted by Gasteiger charge is 2.26. The van der Waals surface area contributed by atoms with E-state index in [-0.39, 0.29) is 5.91 Å². The Morgan fingerprint density at radius 2 is 1.86 bits per heavy atom. The van der Waals surface area contributed by atoms with Gasteiger partial charge in [0.2, 0.25) is 0 Å². The number of hydrogen-bond acceptors (Lipinski definition) is 5. The minimum absolute atomic E-state index is 0.0228. The molecule has 5 rings (SSSR count). The van der Waals surface area contributed by atoms with Crippen molar-refractivity contribution in [2.45, 2.75) is 6.42 Å². The third kappa shape index (κ3) is 2.83. The van der Waals surface area contributed by atoms with E-state index >= 15 is 0 Å². The van der Waals surface area contributed by atoms with Crippen molar-refractivity contribution in [3.8, 4) is 16.8 Å². The molecule has 2 aromatic heterocycles. The molecule has 4 aromatic rings. The second-order valence-electron chi connectivity index (χ2n) is 6.59. The SMILES string of the molecule is O=C(c1cccc(-n2cnnn2)c1)N1CCc2cc(-c3ccncc3)ccc21. The third-order valence-electron chi connectivity index (χ3n) is 4.94. The van der Waals surface area contributed by atoms with Gasteiger partial charge in [0.15, 0.2) is 0 Å². The van der Waals surface area contributed by atoms with E-state index < -0.39 is 0 Å². The average molecular weight is 368 g/mol. The van der Waals surface area contributed by atoms with Gasteiger partial charge in [-0.2, -0.15) is 0 Å². The van der Waals surface area contributed by atoms with Crippen LogP contribution in [-0.4, -0.2) is 37.6 Å². The predicted octanol–water partition coefficient (Wildman–Crippen LogP) is 2.93. The van der Waals surface area contributed by atoms with Gasteiger partial charge >= 0.3 is 0 Å². The fourth-order valence-electron chi connectivity index (χ4n) is 3.55. The Bertz CT molecular complexity index is 1140. The van der Waals surface area contributed by atoms with E-state index in [0.717, 1.165) is 28.9 Å². The van der Waals surface area contributed by atoms with Crippen LogP contribution in [0.5, 0.6) is 0 Å². The van der Waals surface area contributed by atoms with Crippen molar-refractivity contribution < 1.29 is 4.79 Å². The number of tetrazole rings is 1. The van der Waals surface area contributed by atoms with Crippen molar-refractivity contribution in [1.29, 1.82) is 0 Å². The summed E-state index contributed by atoms with van der Waals surface area (Å²) in [4.78, 5) is 19.1. The quantitative estimate of drug-likeness (QED) is 0.556. The molecule has 0 atom stereocenters. The van der Waals surface area contributed by atoms with Crippen LogP contribution in [0.3, 0.4) is 0 Å². The van der Waals surface area contributed by atoms with Crippen LogP contribution in [0.15, 0.2) is 73.3 Å². The number of amides is 1. The fraction of sp³-hybridized carbons (Fsp3) is 0.0952. The Labute approximate surface area is 161 Å². The number of rotatable bonds is 3. The van der Waals surface area contributed by atoms with Crippen molar-refractivity contribution >= 4 is 11.6 Å². The molecule has 1 aliphatic heterocycles. The Morgan fingerprint density at radius 1 is 0.964 bits per heavy atom. The molecule has 1 amide bonds. The number of hydrogen-bond donors (Lipinski definition) is 0. The molecule has 3 heterocycles. The molecule has 0 radical (unpaired) electrons. The molecular weight excluding hydrogens is 352 g/mol. The van der Waals surface area contributed by atoms with E-state index in [4.69, 9.17) is 0 Å². The van der Waals surface area contributed by atoms with Gasteiger partial charge in [0, 0.05) is 30.2 Å². The van der Waals surface area contributed by atoms with Crippen LogP contribution in [0.1, 0.15) is 15.9 Å². The number of benzene rings is 2. The van der Waals surface area contributed by atoms with Crippen LogP contribution >= 0.6 is 0 Å². The topological polar surface area (TPSA) is 76.8 Å². The highest BCUT2D eigenvalue weighted by Crippen LogP contribution is 2.33. The van der Waals surface area contributed by atoms with Gasteiger partial charge in [0.25, 0.3) is 5.91 Å². The minimum Gasteiger partial charge on any atom is -0.308 e. The van der Waals surface area contributed by atoms with Crippen molar-refractivity contribution in [2.24, 2.45) is 0 Å². The van der Waals surface area contributed by atoms with Crippen molar-refractivity contribution in [3.05, 3.63) is 84.4 Å². The van der Waals surface area contributed by atoms with Gasteiger partial charge in [0.1, 0.15) is 6.33 Å². The number of nitrogens with zero attached hydrogens (tertiary/aromatic N) is 6. The summed E-state index contributed by atoms with van der Waals surface area (Å²) in [5.41, 5.74) is 5.77. The standard InChI is InChI=1S/C21H16N6O/c28-21(18-2-1-3-19(13-18)27-14-23-24-25-27)26-11-8-17-12-16(4-5-20(17)26)15-6-9-22-10-7-15/h1-7,9-10,12-14H,8,11H2. The zero-order valence-electron chi connectivity index (χ0n) is 14.9. The van der Waals surface area contributed by atoms with E-state index in [1.165, 1.54) is 16.6 Å². The van der Waals surface area contributed by atoms with Gasteiger partial charge in [-0.05, 0) is 76.0 Å². The lowest BCUT2D eigenvalue weighted by molar-refractivity contribution is 0.0989. The van der Waals surface area contributed by atoms with Gasteiger partial charge < -0.3 is 4.90 Å². The maximum atomic E-state index is 13.1. The first-order valence-corrected chi connectivity index (χ1v) is 8.98. The largest absolute Gasteiger partial charge is 0.308 e. The number of fused-ring (bicyclic) bond motifs is 1. The molecule has 28 heavy (non-hydrogen) atoms. The molecular formula is C21H16N6O. The second kappa shape index (κ2) is 6.70. The molecule has 2 aromatic carbocycles. The van der Waals surface area contributed by atoms with Gasteiger partial charge in [0.05, 0.1) is 5.69 Å². The number of carbonyl (C=O) groups is 1. The summed E-state index contributed by atoms with van der Waals surface area (Å²) in [7, 11) is 0. The van der Waals surface area contributed by atoms with Gasteiger partial charge in [-0.1, -0.05) is 12.1 Å². The van der Waals surface area contributed by atoms with Gasteiger partial charge in [-0.15, -0.1) is 5.10 Å². The number of anilines is 1. The van der Waals surface area contributed by atoms with E-state index in [1.54, 1.807) is 12.4 Å². The molecule has 0 unspecified atom stereocenters. The first kappa shape index (κ1) is 16.3. The summed E-state index contributed by atoms with van der Waals surface area (Å²) in [5.74, 6) is -0.0228. The highest BCUT2D eigenvalue weighted by atomic mass is 16.2. The van der Waals surface area contributed by atoms with E-state index in [1.807, 2.05) is 47.4 Å². The maximum absolute atomic E-state index is 13.1. The Balaban J connectivity index is 1.45. The number of pyridine rings is 1. The fourth-order valence-corrected chi connectivity index (χ4v) is 3.55. The molecule has 0 bridgehead atoms. The molecule has 0 spiro atoms. The van der Waals surface area contributed by atoms with Crippen molar-refractivity contribution in [2.75, 3.05) is 11.4 Å². The van der Waals surface area contributed by atoms with Crippen LogP contribution < -0.4 is 4.90 Å². The lowest BCUT2D eigenvalue weighted by Crippen LogP contribution is -2.28. The third-order valence-corrected chi connectivity index (χ3v) is 4.94. The average Bonchev–Trinajstić information content (AvgIpc) is 3.44. The Hall–Kier alpha value is -3.87. The summed E-state index contributed by atoms with van der Waals surface area (Å²) < 4.78 is 1.54. The maximum Gasteiger partial charge on any atom is 0.258 e. The van der Waals surface area contributed by atoms with Gasteiger partial charge in [-0.3, -0.25) is 9.78 Å². The smallest absolute Gasteiger partial charge is 0.258 e. The zero-order chi connectivity index (χ0) is 18.9. The lowest BCUT2D eigenvalue weighted by atomic mass is 10.0.